The van der Waals surface area contributed by atoms with Crippen LogP contribution >= 0.6 is 0 Å². The first kappa shape index (κ1) is 15.7. The molecule has 1 aromatic heterocycles. The lowest BCUT2D eigenvalue weighted by atomic mass is 9.99. The average molecular weight is 298 g/mol. The summed E-state index contributed by atoms with van der Waals surface area (Å²) in [5, 5.41) is 26.8. The van der Waals surface area contributed by atoms with Crippen LogP contribution in [0, 0.1) is 11.3 Å². The molecular formula is C16H18N4O2. The normalized spacial score (nSPS) is 13.2. The third kappa shape index (κ3) is 3.32. The SMILES string of the molecule is CC(=O)c1ccc(C#N)c(NCC(C)(O)c2cnn(C)c2)c1. The molecule has 0 aliphatic carbocycles. The molecule has 22 heavy (non-hydrogen) atoms. The first-order chi connectivity index (χ1) is 10.3. The second-order valence-corrected chi connectivity index (χ2v) is 5.46. The van der Waals surface area contributed by atoms with Crippen LogP contribution in [0.2, 0.25) is 0 Å². The van der Waals surface area contributed by atoms with E-state index in [1.54, 1.807) is 49.2 Å². The Labute approximate surface area is 129 Å². The van der Waals surface area contributed by atoms with Gasteiger partial charge in [0.15, 0.2) is 5.78 Å². The summed E-state index contributed by atoms with van der Waals surface area (Å²) in [7, 11) is 1.77. The van der Waals surface area contributed by atoms with E-state index in [1.807, 2.05) is 0 Å². The Morgan fingerprint density at radius 3 is 2.82 bits per heavy atom. The smallest absolute Gasteiger partial charge is 0.159 e. The number of nitrogens with zero attached hydrogens (tertiary/aromatic N) is 3. The monoisotopic (exact) mass is 298 g/mol. The van der Waals surface area contributed by atoms with Crippen molar-refractivity contribution in [2.45, 2.75) is 19.4 Å². The highest BCUT2D eigenvalue weighted by atomic mass is 16.3. The molecule has 0 bridgehead atoms. The Kier molecular flexibility index (Phi) is 4.29. The lowest BCUT2D eigenvalue weighted by Crippen LogP contribution is -2.30. The van der Waals surface area contributed by atoms with E-state index in [0.717, 1.165) is 0 Å². The van der Waals surface area contributed by atoms with Gasteiger partial charge >= 0.3 is 0 Å². The van der Waals surface area contributed by atoms with E-state index in [9.17, 15) is 9.90 Å². The fourth-order valence-electron chi connectivity index (χ4n) is 2.08. The number of Topliss-reactive ketones (excluding diaryl/α,β-unsaturated/α-hetero) is 1. The molecule has 0 saturated heterocycles. The molecule has 6 heteroatoms. The highest BCUT2D eigenvalue weighted by molar-refractivity contribution is 5.95. The van der Waals surface area contributed by atoms with Gasteiger partial charge in [0.1, 0.15) is 11.7 Å². The minimum atomic E-state index is -1.15. The number of hydrogen-bond donors (Lipinski definition) is 2. The van der Waals surface area contributed by atoms with Crippen molar-refractivity contribution in [2.75, 3.05) is 11.9 Å². The van der Waals surface area contributed by atoms with E-state index in [1.165, 1.54) is 6.92 Å². The zero-order chi connectivity index (χ0) is 16.3. The average Bonchev–Trinajstić information content (AvgIpc) is 2.92. The number of nitriles is 1. The molecule has 0 amide bonds. The van der Waals surface area contributed by atoms with Crippen LogP contribution in [0.1, 0.15) is 35.3 Å². The summed E-state index contributed by atoms with van der Waals surface area (Å²) < 4.78 is 1.61. The quantitative estimate of drug-likeness (QED) is 0.822. The van der Waals surface area contributed by atoms with Gasteiger partial charge in [0.05, 0.1) is 17.4 Å². The maximum atomic E-state index is 11.5. The molecule has 1 unspecified atom stereocenters. The molecule has 0 fully saturated rings. The summed E-state index contributed by atoms with van der Waals surface area (Å²) in [6, 6.07) is 6.91. The molecule has 1 aromatic carbocycles. The number of rotatable bonds is 5. The summed E-state index contributed by atoms with van der Waals surface area (Å²) in [5.41, 5.74) is 0.991. The fourth-order valence-corrected chi connectivity index (χ4v) is 2.08. The molecule has 6 nitrogen and oxygen atoms in total. The maximum absolute atomic E-state index is 11.5. The van der Waals surface area contributed by atoms with Gasteiger partial charge in [0, 0.05) is 30.9 Å². The first-order valence-electron chi connectivity index (χ1n) is 6.84. The molecule has 0 saturated carbocycles. The number of nitrogens with one attached hydrogen (secondary N) is 1. The molecular weight excluding hydrogens is 280 g/mol. The molecule has 0 aliphatic rings. The molecule has 2 N–H and O–H groups in total. The number of hydrogen-bond acceptors (Lipinski definition) is 5. The summed E-state index contributed by atoms with van der Waals surface area (Å²) in [4.78, 5) is 11.5. The Hall–Kier alpha value is -2.65. The van der Waals surface area contributed by atoms with Crippen LogP contribution in [-0.2, 0) is 12.6 Å². The van der Waals surface area contributed by atoms with Crippen LogP contribution in [0.25, 0.3) is 0 Å². The predicted molar refractivity (Wildman–Crippen MR) is 82.4 cm³/mol. The van der Waals surface area contributed by atoms with Crippen LogP contribution in [0.15, 0.2) is 30.6 Å². The summed E-state index contributed by atoms with van der Waals surface area (Å²) >= 11 is 0. The zero-order valence-corrected chi connectivity index (χ0v) is 12.8. The molecule has 0 aliphatic heterocycles. The highest BCUT2D eigenvalue weighted by Crippen LogP contribution is 2.23. The number of benzene rings is 1. The zero-order valence-electron chi connectivity index (χ0n) is 12.8. The number of carbonyl (C=O) groups excluding carboxylic acids is 1. The van der Waals surface area contributed by atoms with Crippen LogP contribution in [0.4, 0.5) is 5.69 Å². The Balaban J connectivity index is 2.22. The Morgan fingerprint density at radius 2 is 2.27 bits per heavy atom. The van der Waals surface area contributed by atoms with Gasteiger partial charge in [-0.05, 0) is 32.0 Å². The van der Waals surface area contributed by atoms with Gasteiger partial charge < -0.3 is 10.4 Å². The lowest BCUT2D eigenvalue weighted by Gasteiger charge is -2.23. The predicted octanol–water partition coefficient (Wildman–Crippen LogP) is 1.81. The first-order valence-corrected chi connectivity index (χ1v) is 6.84. The van der Waals surface area contributed by atoms with Gasteiger partial charge in [0.2, 0.25) is 0 Å². The second-order valence-electron chi connectivity index (χ2n) is 5.46. The second kappa shape index (κ2) is 6.00. The van der Waals surface area contributed by atoms with Crippen LogP contribution < -0.4 is 5.32 Å². The van der Waals surface area contributed by atoms with E-state index in [4.69, 9.17) is 5.26 Å². The summed E-state index contributed by atoms with van der Waals surface area (Å²) in [6.07, 6.45) is 3.33. The molecule has 2 aromatic rings. The van der Waals surface area contributed by atoms with E-state index in [2.05, 4.69) is 16.5 Å². The Morgan fingerprint density at radius 1 is 1.55 bits per heavy atom. The van der Waals surface area contributed by atoms with E-state index in [-0.39, 0.29) is 12.3 Å². The van der Waals surface area contributed by atoms with Gasteiger partial charge in [0.25, 0.3) is 0 Å². The van der Waals surface area contributed by atoms with Gasteiger partial charge in [-0.15, -0.1) is 0 Å². The fraction of sp³-hybridized carbons (Fsp3) is 0.312. The van der Waals surface area contributed by atoms with Crippen molar-refractivity contribution in [3.63, 3.8) is 0 Å². The molecule has 0 spiro atoms. The number of anilines is 1. The number of ketones is 1. The van der Waals surface area contributed by atoms with Gasteiger partial charge in [-0.1, -0.05) is 0 Å². The number of aryl methyl sites for hydroxylation is 1. The number of carbonyl (C=O) groups is 1. The van der Waals surface area contributed by atoms with E-state index < -0.39 is 5.60 Å². The molecule has 1 atom stereocenters. The van der Waals surface area contributed by atoms with Crippen LogP contribution in [0.3, 0.4) is 0 Å². The van der Waals surface area contributed by atoms with Crippen molar-refractivity contribution >= 4 is 11.5 Å². The topological polar surface area (TPSA) is 90.9 Å². The molecule has 114 valence electrons. The van der Waals surface area contributed by atoms with Crippen molar-refractivity contribution in [3.8, 4) is 6.07 Å². The number of aromatic nitrogens is 2. The summed E-state index contributed by atoms with van der Waals surface area (Å²) in [5.74, 6) is -0.0773. The van der Waals surface area contributed by atoms with Crippen molar-refractivity contribution in [1.82, 2.24) is 9.78 Å². The minimum absolute atomic E-state index is 0.0773. The van der Waals surface area contributed by atoms with Gasteiger partial charge in [-0.25, -0.2) is 0 Å². The van der Waals surface area contributed by atoms with Crippen molar-refractivity contribution in [2.24, 2.45) is 7.05 Å². The highest BCUT2D eigenvalue weighted by Gasteiger charge is 2.25. The third-order valence-corrected chi connectivity index (χ3v) is 3.50. The Bertz CT molecular complexity index is 741. The van der Waals surface area contributed by atoms with Crippen molar-refractivity contribution < 1.29 is 9.90 Å². The van der Waals surface area contributed by atoms with Gasteiger partial charge in [-0.2, -0.15) is 10.4 Å². The maximum Gasteiger partial charge on any atom is 0.159 e. The van der Waals surface area contributed by atoms with E-state index in [0.29, 0.717) is 22.4 Å². The van der Waals surface area contributed by atoms with Crippen molar-refractivity contribution in [1.29, 1.82) is 5.26 Å². The van der Waals surface area contributed by atoms with Crippen LogP contribution in [0.5, 0.6) is 0 Å². The van der Waals surface area contributed by atoms with Crippen molar-refractivity contribution in [3.05, 3.63) is 47.3 Å². The standard InChI is InChI=1S/C16H18N4O2/c1-11(21)12-4-5-13(7-17)15(6-12)18-10-16(2,22)14-8-19-20(3)9-14/h4-6,8-9,18,22H,10H2,1-3H3. The minimum Gasteiger partial charge on any atom is -0.383 e. The molecule has 1 heterocycles. The van der Waals surface area contributed by atoms with Crippen LogP contribution in [-0.4, -0.2) is 27.2 Å². The number of aliphatic hydroxyl groups is 1. The lowest BCUT2D eigenvalue weighted by molar-refractivity contribution is 0.0714. The summed E-state index contributed by atoms with van der Waals surface area (Å²) in [6.45, 7) is 3.32. The van der Waals surface area contributed by atoms with E-state index >= 15 is 0 Å². The molecule has 2 rings (SSSR count). The third-order valence-electron chi connectivity index (χ3n) is 3.50. The molecule has 0 radical (unpaired) electrons. The van der Waals surface area contributed by atoms with Gasteiger partial charge in [-0.3, -0.25) is 9.48 Å². The largest absolute Gasteiger partial charge is 0.383 e.